The molecule has 10 heteroatoms. The minimum atomic E-state index is -1.04. The van der Waals surface area contributed by atoms with Crippen LogP contribution >= 0.6 is 0 Å². The number of fused-ring (bicyclic) bond motifs is 3. The van der Waals surface area contributed by atoms with Crippen molar-refractivity contribution in [2.45, 2.75) is 71.6 Å². The van der Waals surface area contributed by atoms with Gasteiger partial charge in [0.25, 0.3) is 6.47 Å². The van der Waals surface area contributed by atoms with Gasteiger partial charge < -0.3 is 14.9 Å². The van der Waals surface area contributed by atoms with E-state index < -0.39 is 11.4 Å². The van der Waals surface area contributed by atoms with Crippen LogP contribution in [-0.2, 0) is 29.6 Å². The number of aliphatic carboxylic acids is 1. The Bertz CT molecular complexity index is 1650. The Balaban J connectivity index is 0.00000118. The number of carboxylic acid groups (broad SMARTS) is 2. The predicted molar refractivity (Wildman–Crippen MR) is 162 cm³/mol. The molecule has 0 spiro atoms. The number of ether oxygens (including phenoxy) is 1. The molecule has 2 aliphatic rings. The van der Waals surface area contributed by atoms with Crippen LogP contribution in [0.15, 0.2) is 48.8 Å². The summed E-state index contributed by atoms with van der Waals surface area (Å²) in [6.07, 6.45) is 6.79. The third-order valence-corrected chi connectivity index (χ3v) is 9.07. The van der Waals surface area contributed by atoms with Gasteiger partial charge in [0.05, 0.1) is 10.9 Å². The SMILES string of the molecule is CC[C@@H]1CN(C2CCc3ccc(C(c4ccc5c(nnn5C)c4C)C(C)(C)C(=O)O)cc32)Cc2cnccc2O1.O=CO. The number of hydrogen-bond donors (Lipinski definition) is 2. The number of aryl methyl sites for hydroxylation is 3. The van der Waals surface area contributed by atoms with Crippen molar-refractivity contribution < 1.29 is 24.5 Å². The number of aromatic nitrogens is 4. The van der Waals surface area contributed by atoms with Crippen molar-refractivity contribution in [1.29, 1.82) is 0 Å². The van der Waals surface area contributed by atoms with Crippen LogP contribution in [0.5, 0.6) is 5.75 Å². The van der Waals surface area contributed by atoms with Crippen molar-refractivity contribution in [1.82, 2.24) is 24.9 Å². The molecule has 43 heavy (non-hydrogen) atoms. The van der Waals surface area contributed by atoms with Crippen molar-refractivity contribution in [3.05, 3.63) is 82.2 Å². The number of carboxylic acids is 1. The van der Waals surface area contributed by atoms with Gasteiger partial charge in [0, 0.05) is 50.1 Å². The maximum atomic E-state index is 12.7. The molecule has 2 aromatic heterocycles. The van der Waals surface area contributed by atoms with Crippen molar-refractivity contribution >= 4 is 23.5 Å². The summed E-state index contributed by atoms with van der Waals surface area (Å²) < 4.78 is 8.12. The fraction of sp³-hybridized carbons (Fsp3) is 0.424. The fourth-order valence-electron chi connectivity index (χ4n) is 6.69. The van der Waals surface area contributed by atoms with E-state index in [0.717, 1.165) is 71.4 Å². The first kappa shape index (κ1) is 30.2. The lowest BCUT2D eigenvalue weighted by atomic mass is 9.69. The maximum absolute atomic E-state index is 12.7. The number of rotatable bonds is 6. The summed E-state index contributed by atoms with van der Waals surface area (Å²) >= 11 is 0. The summed E-state index contributed by atoms with van der Waals surface area (Å²) in [5.74, 6) is -0.258. The normalized spacial score (nSPS) is 18.9. The summed E-state index contributed by atoms with van der Waals surface area (Å²) in [6.45, 7) is 9.22. The quantitative estimate of drug-likeness (QED) is 0.290. The van der Waals surface area contributed by atoms with Crippen LogP contribution in [0.4, 0.5) is 0 Å². The lowest BCUT2D eigenvalue weighted by Gasteiger charge is -2.34. The largest absolute Gasteiger partial charge is 0.489 e. The molecule has 10 nitrogen and oxygen atoms in total. The highest BCUT2D eigenvalue weighted by atomic mass is 16.5. The van der Waals surface area contributed by atoms with Gasteiger partial charge >= 0.3 is 5.97 Å². The topological polar surface area (TPSA) is 131 Å². The van der Waals surface area contributed by atoms with Gasteiger partial charge in [-0.15, -0.1) is 5.10 Å². The van der Waals surface area contributed by atoms with E-state index >= 15 is 0 Å². The molecule has 6 rings (SSSR count). The number of nitrogens with zero attached hydrogens (tertiary/aromatic N) is 5. The monoisotopic (exact) mass is 585 g/mol. The van der Waals surface area contributed by atoms with E-state index in [9.17, 15) is 9.90 Å². The standard InChI is InChI=1S/C32H37N5O3.CH2O2/c1-6-23-18-37(17-22-16-33-14-13-28(22)40-23)26-11-9-20-7-8-21(15-25(20)26)29(32(3,4)31(38)39)24-10-12-27-30(19(24)2)34-35-36(27)5;2-1-3/h7-8,10,12-16,23,26,29H,6,9,11,17-18H2,1-5H3,(H,38,39);1H,(H,2,3)/t23-,26?,29?;/m1./s1. The molecule has 4 aromatic rings. The van der Waals surface area contributed by atoms with Gasteiger partial charge in [0.2, 0.25) is 0 Å². The van der Waals surface area contributed by atoms with Crippen molar-refractivity contribution in [3.63, 3.8) is 0 Å². The molecule has 1 aliphatic heterocycles. The Morgan fingerprint density at radius 1 is 1.21 bits per heavy atom. The van der Waals surface area contributed by atoms with Crippen LogP contribution < -0.4 is 4.74 Å². The zero-order chi connectivity index (χ0) is 30.9. The van der Waals surface area contributed by atoms with Gasteiger partial charge in [-0.1, -0.05) is 36.4 Å². The Labute approximate surface area is 251 Å². The Kier molecular flexibility index (Phi) is 8.50. The minimum Gasteiger partial charge on any atom is -0.489 e. The molecular weight excluding hydrogens is 546 g/mol. The van der Waals surface area contributed by atoms with Gasteiger partial charge in [0.15, 0.2) is 0 Å². The van der Waals surface area contributed by atoms with Crippen molar-refractivity contribution in [2.24, 2.45) is 12.5 Å². The van der Waals surface area contributed by atoms with E-state index in [1.807, 2.05) is 46.1 Å². The first-order valence-corrected chi connectivity index (χ1v) is 14.7. The highest BCUT2D eigenvalue weighted by Gasteiger charge is 2.41. The zero-order valence-corrected chi connectivity index (χ0v) is 25.3. The zero-order valence-electron chi connectivity index (χ0n) is 25.3. The minimum absolute atomic E-state index is 0.107. The molecule has 2 aromatic carbocycles. The number of benzene rings is 2. The lowest BCUT2D eigenvalue weighted by Crippen LogP contribution is -2.35. The molecule has 3 heterocycles. The third kappa shape index (κ3) is 5.59. The van der Waals surface area contributed by atoms with Crippen LogP contribution in [0.2, 0.25) is 0 Å². The van der Waals surface area contributed by atoms with Crippen LogP contribution in [0, 0.1) is 12.3 Å². The first-order valence-electron chi connectivity index (χ1n) is 14.7. The van der Waals surface area contributed by atoms with Crippen LogP contribution in [0.3, 0.4) is 0 Å². The number of hydrogen-bond acceptors (Lipinski definition) is 7. The maximum Gasteiger partial charge on any atom is 0.310 e. The summed E-state index contributed by atoms with van der Waals surface area (Å²) in [4.78, 5) is 28.0. The van der Waals surface area contributed by atoms with Crippen LogP contribution in [0.25, 0.3) is 11.0 Å². The Morgan fingerprint density at radius 2 is 1.98 bits per heavy atom. The molecule has 2 unspecified atom stereocenters. The van der Waals surface area contributed by atoms with E-state index in [2.05, 4.69) is 51.4 Å². The second-order valence-electron chi connectivity index (χ2n) is 12.0. The summed E-state index contributed by atoms with van der Waals surface area (Å²) in [6, 6.07) is 12.9. The second kappa shape index (κ2) is 12.1. The first-order chi connectivity index (χ1) is 20.6. The molecular formula is C33H39N5O5. The molecule has 0 radical (unpaired) electrons. The summed E-state index contributed by atoms with van der Waals surface area (Å²) in [5.41, 5.74) is 7.42. The smallest absolute Gasteiger partial charge is 0.310 e. The van der Waals surface area contributed by atoms with E-state index in [1.54, 1.807) is 10.9 Å². The predicted octanol–water partition coefficient (Wildman–Crippen LogP) is 5.28. The van der Waals surface area contributed by atoms with Crippen molar-refractivity contribution in [2.75, 3.05) is 6.54 Å². The molecule has 0 saturated heterocycles. The highest BCUT2D eigenvalue weighted by molar-refractivity contribution is 5.81. The van der Waals surface area contributed by atoms with Gasteiger partial charge in [0.1, 0.15) is 17.4 Å². The summed E-state index contributed by atoms with van der Waals surface area (Å²) in [5, 5.41) is 25.9. The van der Waals surface area contributed by atoms with Gasteiger partial charge in [-0.05, 0) is 80.0 Å². The Hall–Kier alpha value is -4.31. The van der Waals surface area contributed by atoms with Gasteiger partial charge in [-0.2, -0.15) is 0 Å². The van der Waals surface area contributed by atoms with Crippen LogP contribution in [0.1, 0.15) is 79.0 Å². The Morgan fingerprint density at radius 3 is 2.70 bits per heavy atom. The van der Waals surface area contributed by atoms with E-state index in [1.165, 1.54) is 11.1 Å². The molecule has 226 valence electrons. The molecule has 0 fully saturated rings. The van der Waals surface area contributed by atoms with E-state index in [-0.39, 0.29) is 24.5 Å². The molecule has 2 N–H and O–H groups in total. The average Bonchev–Trinajstić information content (AvgIpc) is 3.52. The van der Waals surface area contributed by atoms with E-state index in [0.29, 0.717) is 0 Å². The van der Waals surface area contributed by atoms with Gasteiger partial charge in [-0.25, -0.2) is 4.68 Å². The van der Waals surface area contributed by atoms with Crippen molar-refractivity contribution in [3.8, 4) is 5.75 Å². The van der Waals surface area contributed by atoms with E-state index in [4.69, 9.17) is 14.6 Å². The molecule has 0 bridgehead atoms. The number of pyridine rings is 1. The summed E-state index contributed by atoms with van der Waals surface area (Å²) in [7, 11) is 1.87. The number of carbonyl (C=O) groups is 2. The van der Waals surface area contributed by atoms with Gasteiger partial charge in [-0.3, -0.25) is 19.5 Å². The average molecular weight is 586 g/mol. The van der Waals surface area contributed by atoms with Crippen LogP contribution in [-0.4, -0.2) is 60.2 Å². The molecule has 0 saturated carbocycles. The molecule has 3 atom stereocenters. The molecule has 1 aliphatic carbocycles. The highest BCUT2D eigenvalue weighted by Crippen LogP contribution is 2.46. The molecule has 0 amide bonds. The third-order valence-electron chi connectivity index (χ3n) is 9.07. The second-order valence-corrected chi connectivity index (χ2v) is 12.0. The lowest BCUT2D eigenvalue weighted by molar-refractivity contribution is -0.147. The fourth-order valence-corrected chi connectivity index (χ4v) is 6.69.